The zero-order chi connectivity index (χ0) is 37.9. The van der Waals surface area contributed by atoms with E-state index in [2.05, 4.69) is 0 Å². The van der Waals surface area contributed by atoms with E-state index in [-0.39, 0.29) is 51.8 Å². The first-order valence-corrected chi connectivity index (χ1v) is 16.7. The molecule has 0 radical (unpaired) electrons. The number of aliphatic hydroxyl groups is 2. The molecule has 2 heterocycles. The Morgan fingerprint density at radius 3 is 2.27 bits per heavy atom. The molecule has 14 nitrogen and oxygen atoms in total. The van der Waals surface area contributed by atoms with Gasteiger partial charge in [-0.25, -0.2) is 9.59 Å². The molecule has 0 saturated carbocycles. The second-order valence-corrected chi connectivity index (χ2v) is 13.7. The van der Waals surface area contributed by atoms with E-state index in [0.29, 0.717) is 6.42 Å². The quantitative estimate of drug-likeness (QED) is 0.135. The summed E-state index contributed by atoms with van der Waals surface area (Å²) in [6.45, 7) is 5.95. The maximum atomic E-state index is 13.8. The summed E-state index contributed by atoms with van der Waals surface area (Å²) in [5.74, 6) is -7.14. The molecule has 8 atom stereocenters. The van der Waals surface area contributed by atoms with Crippen LogP contribution in [0.25, 0.3) is 0 Å². The number of carbonyl (C=O) groups is 5. The van der Waals surface area contributed by atoms with Gasteiger partial charge in [0.2, 0.25) is 0 Å². The number of aliphatic carboxylic acids is 1. The largest absolute Gasteiger partial charge is 0.508 e. The third kappa shape index (κ3) is 6.37. The molecule has 2 saturated heterocycles. The van der Waals surface area contributed by atoms with Crippen LogP contribution < -0.4 is 0 Å². The van der Waals surface area contributed by atoms with Crippen molar-refractivity contribution in [2.45, 2.75) is 95.0 Å². The summed E-state index contributed by atoms with van der Waals surface area (Å²) in [6.07, 6.45) is 4.58. The van der Waals surface area contributed by atoms with Crippen LogP contribution in [0.4, 0.5) is 0 Å². The predicted octanol–water partition coefficient (Wildman–Crippen LogP) is 3.15. The summed E-state index contributed by atoms with van der Waals surface area (Å²) in [4.78, 5) is 64.5. The summed E-state index contributed by atoms with van der Waals surface area (Å²) >= 11 is 0. The van der Waals surface area contributed by atoms with E-state index >= 15 is 0 Å². The van der Waals surface area contributed by atoms with Gasteiger partial charge in [-0.3, -0.25) is 14.4 Å². The van der Waals surface area contributed by atoms with Gasteiger partial charge in [0.25, 0.3) is 5.79 Å². The summed E-state index contributed by atoms with van der Waals surface area (Å²) in [5.41, 5.74) is -3.19. The Hall–Kier alpha value is -4.99. The van der Waals surface area contributed by atoms with Crippen molar-refractivity contribution in [3.05, 3.63) is 93.6 Å². The van der Waals surface area contributed by atoms with E-state index < -0.39 is 88.8 Å². The van der Waals surface area contributed by atoms with E-state index in [1.165, 1.54) is 38.1 Å². The molecule has 2 aliphatic heterocycles. The molecule has 2 aromatic rings. The fourth-order valence-corrected chi connectivity index (χ4v) is 7.08. The lowest BCUT2D eigenvalue weighted by Crippen LogP contribution is -2.51. The summed E-state index contributed by atoms with van der Waals surface area (Å²) in [7, 11) is 0. The summed E-state index contributed by atoms with van der Waals surface area (Å²) < 4.78 is 22.5. The molecule has 0 bridgehead atoms. The average molecular weight is 719 g/mol. The van der Waals surface area contributed by atoms with Crippen molar-refractivity contribution in [3.8, 4) is 11.5 Å². The Labute approximate surface area is 297 Å². The Morgan fingerprint density at radius 2 is 1.60 bits per heavy atom. The first-order valence-electron chi connectivity index (χ1n) is 16.7. The van der Waals surface area contributed by atoms with Crippen molar-refractivity contribution in [2.75, 3.05) is 0 Å². The highest BCUT2D eigenvalue weighted by Crippen LogP contribution is 2.45. The van der Waals surface area contributed by atoms with Crippen LogP contribution >= 0.6 is 0 Å². The third-order valence-corrected chi connectivity index (χ3v) is 9.90. The number of ether oxygens (including phenoxy) is 4. The number of carboxylic acids is 1. The molecule has 0 amide bonds. The molecule has 4 aliphatic rings. The number of phenolic OH excluding ortho intramolecular Hbond substituents is 2. The molecular formula is C38H38O14. The molecular weight excluding hydrogens is 680 g/mol. The topological polar surface area (TPSA) is 223 Å². The van der Waals surface area contributed by atoms with Crippen LogP contribution in [0.3, 0.4) is 0 Å². The van der Waals surface area contributed by atoms with Crippen molar-refractivity contribution in [3.63, 3.8) is 0 Å². The van der Waals surface area contributed by atoms with Gasteiger partial charge in [-0.2, -0.15) is 0 Å². The number of phenols is 2. The Bertz CT molecular complexity index is 1970. The summed E-state index contributed by atoms with van der Waals surface area (Å²) in [5, 5.41) is 52.3. The van der Waals surface area contributed by atoms with E-state index in [4.69, 9.17) is 18.9 Å². The van der Waals surface area contributed by atoms with E-state index in [1.807, 2.05) is 0 Å². The number of benzene rings is 2. The lowest BCUT2D eigenvalue weighted by molar-refractivity contribution is -0.200. The Kier molecular flexibility index (Phi) is 9.57. The number of hydrogen-bond donors (Lipinski definition) is 5. The first-order chi connectivity index (χ1) is 24.4. The van der Waals surface area contributed by atoms with Crippen LogP contribution in [0.15, 0.2) is 54.7 Å². The number of aliphatic hydroxyl groups excluding tert-OH is 1. The van der Waals surface area contributed by atoms with E-state index in [0.717, 1.165) is 6.07 Å². The molecule has 0 aromatic heterocycles. The molecule has 5 N–H and O–H groups in total. The number of carbonyl (C=O) groups excluding carboxylic acids is 4. The molecule has 2 aliphatic carbocycles. The van der Waals surface area contributed by atoms with Crippen LogP contribution in [0, 0.1) is 0 Å². The molecule has 0 spiro atoms. The van der Waals surface area contributed by atoms with Crippen LogP contribution in [0.1, 0.15) is 100.0 Å². The zero-order valence-electron chi connectivity index (χ0n) is 28.7. The number of Topliss-reactive ketones (excluding diaryl/α,β-unsaturated/α-hetero) is 1. The smallest absolute Gasteiger partial charge is 0.364 e. The first kappa shape index (κ1) is 36.8. The predicted molar refractivity (Wildman–Crippen MR) is 179 cm³/mol. The molecule has 14 heteroatoms. The summed E-state index contributed by atoms with van der Waals surface area (Å²) in [6, 6.07) is 3.83. The molecule has 52 heavy (non-hydrogen) atoms. The maximum absolute atomic E-state index is 13.8. The Balaban J connectivity index is 1.10. The lowest BCUT2D eigenvalue weighted by atomic mass is 9.71. The Morgan fingerprint density at radius 1 is 0.904 bits per heavy atom. The van der Waals surface area contributed by atoms with Crippen molar-refractivity contribution in [2.24, 2.45) is 0 Å². The van der Waals surface area contributed by atoms with Gasteiger partial charge in [0.1, 0.15) is 29.8 Å². The van der Waals surface area contributed by atoms with Gasteiger partial charge in [0.15, 0.2) is 17.3 Å². The van der Waals surface area contributed by atoms with Crippen molar-refractivity contribution < 1.29 is 68.5 Å². The SMILES string of the molecule is C[C@@H]1O[C@](C)(C(=O)O)O[C@H]1/C=C/C=C/C=C/C(=O)O[C@H]1CC[C@H](c2ccc3c(c2O)C(=O)c2cc(O)c4c(c2C3=O)C(=O)C(O)C(C)(O)C4)O[C@@H]1C. The van der Waals surface area contributed by atoms with Gasteiger partial charge in [-0.1, -0.05) is 36.4 Å². The van der Waals surface area contributed by atoms with Crippen LogP contribution in [-0.2, 0) is 35.0 Å². The molecule has 2 aromatic carbocycles. The van der Waals surface area contributed by atoms with Gasteiger partial charge in [-0.15, -0.1) is 0 Å². The van der Waals surface area contributed by atoms with Gasteiger partial charge >= 0.3 is 11.9 Å². The highest BCUT2D eigenvalue weighted by Gasteiger charge is 2.49. The second kappa shape index (κ2) is 13.5. The minimum absolute atomic E-state index is 0.0580. The normalized spacial score (nSPS) is 31.6. The number of aromatic hydroxyl groups is 2. The van der Waals surface area contributed by atoms with Crippen molar-refractivity contribution in [1.82, 2.24) is 0 Å². The van der Waals surface area contributed by atoms with Crippen molar-refractivity contribution >= 4 is 29.3 Å². The monoisotopic (exact) mass is 718 g/mol. The third-order valence-electron chi connectivity index (χ3n) is 9.90. The van der Waals surface area contributed by atoms with Crippen LogP contribution in [0.5, 0.6) is 11.5 Å². The molecule has 2 fully saturated rings. The van der Waals surface area contributed by atoms with E-state index in [1.54, 1.807) is 38.2 Å². The lowest BCUT2D eigenvalue weighted by Gasteiger charge is -2.36. The van der Waals surface area contributed by atoms with Crippen molar-refractivity contribution in [1.29, 1.82) is 0 Å². The number of allylic oxidation sites excluding steroid dienone is 4. The highest BCUT2D eigenvalue weighted by atomic mass is 16.8. The number of hydrogen-bond acceptors (Lipinski definition) is 13. The number of carboxylic acid groups (broad SMARTS) is 1. The van der Waals surface area contributed by atoms with Crippen LogP contribution in [-0.4, -0.2) is 96.7 Å². The zero-order valence-corrected chi connectivity index (χ0v) is 28.7. The maximum Gasteiger partial charge on any atom is 0.364 e. The van der Waals surface area contributed by atoms with Crippen LogP contribution in [0.2, 0.25) is 0 Å². The highest BCUT2D eigenvalue weighted by molar-refractivity contribution is 6.32. The molecule has 2 unspecified atom stereocenters. The van der Waals surface area contributed by atoms with Gasteiger partial charge < -0.3 is 44.5 Å². The average Bonchev–Trinajstić information content (AvgIpc) is 3.39. The van der Waals surface area contributed by atoms with Gasteiger partial charge in [-0.05, 0) is 45.7 Å². The van der Waals surface area contributed by atoms with E-state index in [9.17, 15) is 49.5 Å². The second-order valence-electron chi connectivity index (χ2n) is 13.7. The number of rotatable bonds is 7. The number of fused-ring (bicyclic) bond motifs is 4. The minimum Gasteiger partial charge on any atom is -0.508 e. The minimum atomic E-state index is -1.90. The molecule has 6 rings (SSSR count). The molecule has 274 valence electrons. The van der Waals surface area contributed by atoms with Gasteiger partial charge in [0, 0.05) is 52.8 Å². The standard InChI is InChI=1S/C38H38O14/c1-17-24(50-27(40)10-8-6-5-7-9-25-18(2)51-38(4,52-25)36(46)47)13-14-26(49-17)19-11-12-20-30(31(19)41)33(43)21-15-23(39)22-16-37(3,48)35(45)34(44)29(22)28(21)32(20)42/h5-12,15,17-18,24-26,35,39,41,45,48H,13-14,16H2,1-4H3,(H,46,47)/b6-5+,9-7+,10-8+/t17-,18+,24+,25+,26-,35?,37?,38+/m1/s1. The fourth-order valence-electron chi connectivity index (χ4n) is 7.08. The van der Waals surface area contributed by atoms with Gasteiger partial charge in [0.05, 0.1) is 29.5 Å². The number of ketones is 3. The number of esters is 1. The fraction of sp³-hybridized carbons (Fsp3) is 0.395.